The molecule has 96 valence electrons. The van der Waals surface area contributed by atoms with Crippen molar-refractivity contribution in [2.45, 2.75) is 13.3 Å². The van der Waals surface area contributed by atoms with Gasteiger partial charge < -0.3 is 9.15 Å². The van der Waals surface area contributed by atoms with Crippen LogP contribution in [0.1, 0.15) is 13.3 Å². The highest BCUT2D eigenvalue weighted by atomic mass is 16.5. The average molecular weight is 252 g/mol. The van der Waals surface area contributed by atoms with Gasteiger partial charge in [-0.15, -0.1) is 0 Å². The summed E-state index contributed by atoms with van der Waals surface area (Å²) in [4.78, 5) is 0. The molecule has 1 heterocycles. The van der Waals surface area contributed by atoms with E-state index in [1.54, 1.807) is 12.5 Å². The Kier molecular flexibility index (Phi) is 3.23. The van der Waals surface area contributed by atoms with Gasteiger partial charge in [0.05, 0.1) is 12.2 Å². The lowest BCUT2D eigenvalue weighted by Gasteiger charge is -2.08. The van der Waals surface area contributed by atoms with E-state index < -0.39 is 0 Å². The van der Waals surface area contributed by atoms with Gasteiger partial charge in [0, 0.05) is 0 Å². The number of furan rings is 1. The van der Waals surface area contributed by atoms with E-state index in [0.29, 0.717) is 6.61 Å². The molecule has 0 unspecified atom stereocenters. The maximum Gasteiger partial charge on any atom is 0.165 e. The number of ether oxygens (including phenoxy) is 1. The van der Waals surface area contributed by atoms with Crippen LogP contribution in [0.5, 0.6) is 5.75 Å². The Morgan fingerprint density at radius 3 is 2.68 bits per heavy atom. The first-order valence-corrected chi connectivity index (χ1v) is 6.57. The van der Waals surface area contributed by atoms with Gasteiger partial charge >= 0.3 is 0 Å². The molecule has 0 radical (unpaired) electrons. The van der Waals surface area contributed by atoms with Crippen molar-refractivity contribution in [3.05, 3.63) is 55.0 Å². The molecule has 0 N–H and O–H groups in total. The summed E-state index contributed by atoms with van der Waals surface area (Å²) in [6.45, 7) is 2.80. The fourth-order valence-electron chi connectivity index (χ4n) is 2.27. The van der Waals surface area contributed by atoms with Crippen molar-refractivity contribution in [3.8, 4) is 16.9 Å². The SMILES string of the molecule is CCCOc1cocc1-c1cccc2ccccc12. The van der Waals surface area contributed by atoms with E-state index >= 15 is 0 Å². The Morgan fingerprint density at radius 2 is 1.79 bits per heavy atom. The molecule has 2 aromatic carbocycles. The minimum Gasteiger partial charge on any atom is -0.490 e. The fraction of sp³-hybridized carbons (Fsp3) is 0.176. The van der Waals surface area contributed by atoms with E-state index in [9.17, 15) is 0 Å². The van der Waals surface area contributed by atoms with Crippen LogP contribution < -0.4 is 4.74 Å². The van der Waals surface area contributed by atoms with Crippen molar-refractivity contribution >= 4 is 10.8 Å². The van der Waals surface area contributed by atoms with Gasteiger partial charge in [0.1, 0.15) is 12.5 Å². The summed E-state index contributed by atoms with van der Waals surface area (Å²) in [5.41, 5.74) is 2.17. The van der Waals surface area contributed by atoms with Gasteiger partial charge in [-0.05, 0) is 22.8 Å². The molecule has 0 aliphatic heterocycles. The van der Waals surface area contributed by atoms with Gasteiger partial charge in [-0.25, -0.2) is 0 Å². The monoisotopic (exact) mass is 252 g/mol. The van der Waals surface area contributed by atoms with E-state index in [4.69, 9.17) is 9.15 Å². The Balaban J connectivity index is 2.12. The third kappa shape index (κ3) is 2.22. The normalized spacial score (nSPS) is 10.8. The Morgan fingerprint density at radius 1 is 0.947 bits per heavy atom. The molecule has 0 aliphatic carbocycles. The molecule has 3 aromatic rings. The van der Waals surface area contributed by atoms with Gasteiger partial charge in [-0.3, -0.25) is 0 Å². The molecule has 2 nitrogen and oxygen atoms in total. The quantitative estimate of drug-likeness (QED) is 0.659. The maximum atomic E-state index is 5.74. The summed E-state index contributed by atoms with van der Waals surface area (Å²) in [5.74, 6) is 0.818. The van der Waals surface area contributed by atoms with Crippen molar-refractivity contribution in [2.75, 3.05) is 6.61 Å². The van der Waals surface area contributed by atoms with Gasteiger partial charge in [0.25, 0.3) is 0 Å². The van der Waals surface area contributed by atoms with Crippen LogP contribution in [-0.4, -0.2) is 6.61 Å². The number of hydrogen-bond acceptors (Lipinski definition) is 2. The summed E-state index contributed by atoms with van der Waals surface area (Å²) < 4.78 is 11.1. The molecule has 0 atom stereocenters. The van der Waals surface area contributed by atoms with Crippen molar-refractivity contribution < 1.29 is 9.15 Å². The lowest BCUT2D eigenvalue weighted by Crippen LogP contribution is -1.94. The lowest BCUT2D eigenvalue weighted by molar-refractivity contribution is 0.314. The number of hydrogen-bond donors (Lipinski definition) is 0. The highest BCUT2D eigenvalue weighted by Gasteiger charge is 2.11. The molecule has 3 rings (SSSR count). The van der Waals surface area contributed by atoms with Gasteiger partial charge in [0.15, 0.2) is 5.75 Å². The van der Waals surface area contributed by atoms with E-state index in [0.717, 1.165) is 23.3 Å². The van der Waals surface area contributed by atoms with Crippen molar-refractivity contribution in [1.82, 2.24) is 0 Å². The van der Waals surface area contributed by atoms with Crippen LogP contribution in [0, 0.1) is 0 Å². The summed E-state index contributed by atoms with van der Waals surface area (Å²) in [6.07, 6.45) is 4.42. The average Bonchev–Trinajstić information content (AvgIpc) is 2.92. The predicted octanol–water partition coefficient (Wildman–Crippen LogP) is 4.89. The zero-order chi connectivity index (χ0) is 13.1. The van der Waals surface area contributed by atoms with Crippen molar-refractivity contribution in [2.24, 2.45) is 0 Å². The summed E-state index contributed by atoms with van der Waals surface area (Å²) >= 11 is 0. The molecule has 2 heteroatoms. The second kappa shape index (κ2) is 5.19. The molecular formula is C17H16O2. The molecule has 0 saturated carbocycles. The second-order valence-electron chi connectivity index (χ2n) is 4.52. The maximum absolute atomic E-state index is 5.74. The molecule has 0 amide bonds. The zero-order valence-corrected chi connectivity index (χ0v) is 10.9. The molecule has 0 spiro atoms. The van der Waals surface area contributed by atoms with Crippen LogP contribution in [-0.2, 0) is 0 Å². The first-order valence-electron chi connectivity index (χ1n) is 6.57. The Bertz CT molecular complexity index is 677. The summed E-state index contributed by atoms with van der Waals surface area (Å²) in [6, 6.07) is 14.6. The van der Waals surface area contributed by atoms with Gasteiger partial charge in [0.2, 0.25) is 0 Å². The summed E-state index contributed by atoms with van der Waals surface area (Å²) in [7, 11) is 0. The molecule has 1 aromatic heterocycles. The van der Waals surface area contributed by atoms with Crippen LogP contribution in [0.3, 0.4) is 0 Å². The Labute approximate surface area is 112 Å². The minimum absolute atomic E-state index is 0.706. The zero-order valence-electron chi connectivity index (χ0n) is 10.9. The first-order chi connectivity index (χ1) is 9.40. The highest BCUT2D eigenvalue weighted by Crippen LogP contribution is 2.35. The minimum atomic E-state index is 0.706. The number of benzene rings is 2. The smallest absolute Gasteiger partial charge is 0.165 e. The number of rotatable bonds is 4. The summed E-state index contributed by atoms with van der Waals surface area (Å²) in [5, 5.41) is 2.44. The standard InChI is InChI=1S/C17H16O2/c1-2-10-19-17-12-18-11-16(17)15-9-5-7-13-6-3-4-8-14(13)15/h3-9,11-12H,2,10H2,1H3. The predicted molar refractivity (Wildman–Crippen MR) is 77.4 cm³/mol. The van der Waals surface area contributed by atoms with Gasteiger partial charge in [-0.2, -0.15) is 0 Å². The molecular weight excluding hydrogens is 236 g/mol. The third-order valence-electron chi connectivity index (χ3n) is 3.17. The second-order valence-corrected chi connectivity index (χ2v) is 4.52. The molecule has 0 bridgehead atoms. The molecule has 0 aliphatic rings. The van der Waals surface area contributed by atoms with Crippen LogP contribution in [0.15, 0.2) is 59.4 Å². The van der Waals surface area contributed by atoms with Crippen LogP contribution in [0.2, 0.25) is 0 Å². The van der Waals surface area contributed by atoms with Crippen LogP contribution >= 0.6 is 0 Å². The van der Waals surface area contributed by atoms with E-state index in [1.807, 2.05) is 0 Å². The molecule has 19 heavy (non-hydrogen) atoms. The Hall–Kier alpha value is -2.22. The number of fused-ring (bicyclic) bond motifs is 1. The van der Waals surface area contributed by atoms with E-state index in [2.05, 4.69) is 49.4 Å². The van der Waals surface area contributed by atoms with Crippen molar-refractivity contribution in [1.29, 1.82) is 0 Å². The molecule has 0 fully saturated rings. The van der Waals surface area contributed by atoms with E-state index in [1.165, 1.54) is 10.8 Å². The topological polar surface area (TPSA) is 22.4 Å². The third-order valence-corrected chi connectivity index (χ3v) is 3.17. The van der Waals surface area contributed by atoms with Gasteiger partial charge in [-0.1, -0.05) is 49.4 Å². The lowest BCUT2D eigenvalue weighted by atomic mass is 10.00. The van der Waals surface area contributed by atoms with Crippen LogP contribution in [0.25, 0.3) is 21.9 Å². The van der Waals surface area contributed by atoms with Crippen molar-refractivity contribution in [3.63, 3.8) is 0 Å². The highest BCUT2D eigenvalue weighted by molar-refractivity contribution is 5.97. The largest absolute Gasteiger partial charge is 0.490 e. The van der Waals surface area contributed by atoms with E-state index in [-0.39, 0.29) is 0 Å². The van der Waals surface area contributed by atoms with Crippen LogP contribution in [0.4, 0.5) is 0 Å². The fourth-order valence-corrected chi connectivity index (χ4v) is 2.27. The first kappa shape index (κ1) is 11.8. The molecule has 0 saturated heterocycles.